The highest BCUT2D eigenvalue weighted by molar-refractivity contribution is 5.45. The van der Waals surface area contributed by atoms with Crippen molar-refractivity contribution in [2.24, 2.45) is 0 Å². The van der Waals surface area contributed by atoms with Crippen molar-refractivity contribution in [3.63, 3.8) is 0 Å². The average Bonchev–Trinajstić information content (AvgIpc) is 2.74. The number of H-pyrrole nitrogens is 1. The third-order valence-electron chi connectivity index (χ3n) is 2.46. The highest BCUT2D eigenvalue weighted by Crippen LogP contribution is 2.24. The van der Waals surface area contributed by atoms with Crippen LogP contribution in [0.15, 0.2) is 35.4 Å². The van der Waals surface area contributed by atoms with Crippen molar-refractivity contribution in [1.29, 1.82) is 0 Å². The van der Waals surface area contributed by atoms with Crippen LogP contribution in [0.2, 0.25) is 0 Å². The number of ether oxygens (including phenoxy) is 1. The Morgan fingerprint density at radius 1 is 1.37 bits per heavy atom. The SMILES string of the molecule is Nc1ccc(Oc2cc3n[nH]c(=O)n3cn2)c(F)c1. The van der Waals surface area contributed by atoms with Crippen molar-refractivity contribution < 1.29 is 9.13 Å². The van der Waals surface area contributed by atoms with Crippen LogP contribution in [0, 0.1) is 5.82 Å². The molecule has 0 saturated heterocycles. The first kappa shape index (κ1) is 11.2. The molecule has 1 aromatic carbocycles. The van der Waals surface area contributed by atoms with E-state index < -0.39 is 11.5 Å². The Labute approximate surface area is 105 Å². The zero-order valence-corrected chi connectivity index (χ0v) is 9.50. The van der Waals surface area contributed by atoms with Gasteiger partial charge in [-0.25, -0.2) is 23.7 Å². The molecule has 0 aliphatic rings. The van der Waals surface area contributed by atoms with Gasteiger partial charge in [0.05, 0.1) is 0 Å². The molecule has 3 rings (SSSR count). The van der Waals surface area contributed by atoms with Crippen molar-refractivity contribution in [1.82, 2.24) is 19.6 Å². The summed E-state index contributed by atoms with van der Waals surface area (Å²) in [5, 5.41) is 6.01. The van der Waals surface area contributed by atoms with Gasteiger partial charge in [0.15, 0.2) is 17.2 Å². The summed E-state index contributed by atoms with van der Waals surface area (Å²) in [7, 11) is 0. The molecule has 0 atom stereocenters. The van der Waals surface area contributed by atoms with Crippen molar-refractivity contribution in [2.45, 2.75) is 0 Å². The zero-order valence-electron chi connectivity index (χ0n) is 9.50. The minimum absolute atomic E-state index is 0.0102. The first-order valence-corrected chi connectivity index (χ1v) is 5.29. The van der Waals surface area contributed by atoms with Crippen LogP contribution in [-0.4, -0.2) is 19.6 Å². The first-order valence-electron chi connectivity index (χ1n) is 5.29. The zero-order chi connectivity index (χ0) is 13.4. The molecular formula is C11H8FN5O2. The van der Waals surface area contributed by atoms with Crippen LogP contribution in [0.4, 0.5) is 10.1 Å². The molecule has 0 unspecified atom stereocenters. The third-order valence-corrected chi connectivity index (χ3v) is 2.46. The quantitative estimate of drug-likeness (QED) is 0.669. The van der Waals surface area contributed by atoms with E-state index in [1.54, 1.807) is 0 Å². The summed E-state index contributed by atoms with van der Waals surface area (Å²) in [5.41, 5.74) is 5.65. The molecule has 19 heavy (non-hydrogen) atoms. The summed E-state index contributed by atoms with van der Waals surface area (Å²) in [5.74, 6) is -0.486. The van der Waals surface area contributed by atoms with E-state index in [2.05, 4.69) is 15.2 Å². The van der Waals surface area contributed by atoms with Crippen LogP contribution < -0.4 is 16.2 Å². The summed E-state index contributed by atoms with van der Waals surface area (Å²) < 4.78 is 20.0. The molecule has 96 valence electrons. The standard InChI is InChI=1S/C11H8FN5O2/c12-7-3-6(13)1-2-8(7)19-10-4-9-15-16-11(18)17(9)5-14-10/h1-5H,13H2,(H,16,18). The predicted octanol–water partition coefficient (Wildman–Crippen LogP) is 0.931. The molecule has 3 N–H and O–H groups in total. The monoisotopic (exact) mass is 261 g/mol. The maximum absolute atomic E-state index is 13.5. The molecule has 0 radical (unpaired) electrons. The van der Waals surface area contributed by atoms with Crippen molar-refractivity contribution in [3.8, 4) is 11.6 Å². The Balaban J connectivity index is 1.98. The van der Waals surface area contributed by atoms with E-state index in [0.717, 1.165) is 6.07 Å². The lowest BCUT2D eigenvalue weighted by Gasteiger charge is -2.05. The minimum Gasteiger partial charge on any atom is -0.436 e. The van der Waals surface area contributed by atoms with Crippen LogP contribution in [-0.2, 0) is 0 Å². The summed E-state index contributed by atoms with van der Waals surface area (Å²) in [6.07, 6.45) is 1.24. The van der Waals surface area contributed by atoms with Gasteiger partial charge in [-0.3, -0.25) is 0 Å². The number of aromatic nitrogens is 4. The second-order valence-corrected chi connectivity index (χ2v) is 3.78. The fraction of sp³-hybridized carbons (Fsp3) is 0. The maximum atomic E-state index is 13.5. The Morgan fingerprint density at radius 2 is 2.21 bits per heavy atom. The van der Waals surface area contributed by atoms with Crippen molar-refractivity contribution in [3.05, 3.63) is 46.9 Å². The van der Waals surface area contributed by atoms with Crippen LogP contribution in [0.25, 0.3) is 5.65 Å². The fourth-order valence-corrected chi connectivity index (χ4v) is 1.56. The molecule has 7 nitrogen and oxygen atoms in total. The molecule has 3 aromatic rings. The van der Waals surface area contributed by atoms with Crippen LogP contribution >= 0.6 is 0 Å². The number of rotatable bonds is 2. The molecule has 0 amide bonds. The van der Waals surface area contributed by atoms with E-state index in [9.17, 15) is 9.18 Å². The molecule has 8 heteroatoms. The summed E-state index contributed by atoms with van der Waals surface area (Å²) in [4.78, 5) is 15.1. The van der Waals surface area contributed by atoms with E-state index >= 15 is 0 Å². The minimum atomic E-state index is -0.596. The van der Waals surface area contributed by atoms with Gasteiger partial charge in [0.1, 0.15) is 6.33 Å². The Bertz CT molecular complexity index is 810. The van der Waals surface area contributed by atoms with E-state index in [-0.39, 0.29) is 11.6 Å². The lowest BCUT2D eigenvalue weighted by Crippen LogP contribution is -2.09. The summed E-state index contributed by atoms with van der Waals surface area (Å²) in [6.45, 7) is 0. The number of hydrogen-bond donors (Lipinski definition) is 2. The predicted molar refractivity (Wildman–Crippen MR) is 64.5 cm³/mol. The molecule has 0 bridgehead atoms. The molecule has 0 spiro atoms. The van der Waals surface area contributed by atoms with Crippen molar-refractivity contribution >= 4 is 11.3 Å². The highest BCUT2D eigenvalue weighted by atomic mass is 19.1. The lowest BCUT2D eigenvalue weighted by atomic mass is 10.3. The van der Waals surface area contributed by atoms with E-state index in [0.29, 0.717) is 11.3 Å². The van der Waals surface area contributed by atoms with E-state index in [1.165, 1.54) is 28.9 Å². The number of fused-ring (bicyclic) bond motifs is 1. The topological polar surface area (TPSA) is 98.3 Å². The maximum Gasteiger partial charge on any atom is 0.348 e. The number of nitrogens with zero attached hydrogens (tertiary/aromatic N) is 3. The molecule has 0 saturated carbocycles. The summed E-state index contributed by atoms with van der Waals surface area (Å²) >= 11 is 0. The number of nitrogen functional groups attached to an aromatic ring is 1. The van der Waals surface area contributed by atoms with E-state index in [4.69, 9.17) is 10.5 Å². The van der Waals surface area contributed by atoms with Crippen LogP contribution in [0.5, 0.6) is 11.6 Å². The molecular weight excluding hydrogens is 253 g/mol. The third kappa shape index (κ3) is 1.99. The Kier molecular flexibility index (Phi) is 2.41. The average molecular weight is 261 g/mol. The Morgan fingerprint density at radius 3 is 3.00 bits per heavy atom. The van der Waals surface area contributed by atoms with Crippen molar-refractivity contribution in [2.75, 3.05) is 5.73 Å². The smallest absolute Gasteiger partial charge is 0.348 e. The van der Waals surface area contributed by atoms with Gasteiger partial charge in [-0.1, -0.05) is 0 Å². The Hall–Kier alpha value is -2.90. The molecule has 2 aromatic heterocycles. The van der Waals surface area contributed by atoms with Gasteiger partial charge in [0.25, 0.3) is 0 Å². The van der Waals surface area contributed by atoms with E-state index in [1.807, 2.05) is 0 Å². The summed E-state index contributed by atoms with van der Waals surface area (Å²) in [6, 6.07) is 5.46. The second kappa shape index (κ2) is 4.09. The lowest BCUT2D eigenvalue weighted by molar-refractivity contribution is 0.427. The molecule has 0 aliphatic carbocycles. The van der Waals surface area contributed by atoms with Gasteiger partial charge in [0.2, 0.25) is 5.88 Å². The number of halogens is 1. The largest absolute Gasteiger partial charge is 0.436 e. The van der Waals surface area contributed by atoms with Gasteiger partial charge >= 0.3 is 5.69 Å². The van der Waals surface area contributed by atoms with Crippen LogP contribution in [0.1, 0.15) is 0 Å². The second-order valence-electron chi connectivity index (χ2n) is 3.78. The first-order chi connectivity index (χ1) is 9.13. The van der Waals surface area contributed by atoms with Crippen LogP contribution in [0.3, 0.4) is 0 Å². The number of anilines is 1. The number of nitrogens with two attached hydrogens (primary N) is 1. The highest BCUT2D eigenvalue weighted by Gasteiger charge is 2.08. The molecule has 0 fully saturated rings. The molecule has 0 aliphatic heterocycles. The normalized spacial score (nSPS) is 10.8. The van der Waals surface area contributed by atoms with Gasteiger partial charge < -0.3 is 10.5 Å². The van der Waals surface area contributed by atoms with Gasteiger partial charge in [0, 0.05) is 17.8 Å². The van der Waals surface area contributed by atoms with Gasteiger partial charge in [-0.15, -0.1) is 0 Å². The van der Waals surface area contributed by atoms with Gasteiger partial charge in [-0.05, 0) is 12.1 Å². The fourth-order valence-electron chi connectivity index (χ4n) is 1.56. The number of benzene rings is 1. The number of aromatic amines is 1. The number of nitrogens with one attached hydrogen (secondary N) is 1. The van der Waals surface area contributed by atoms with Gasteiger partial charge in [-0.2, -0.15) is 5.10 Å². The number of hydrogen-bond acceptors (Lipinski definition) is 5. The molecule has 2 heterocycles.